The summed E-state index contributed by atoms with van der Waals surface area (Å²) in [5.41, 5.74) is 3.80. The van der Waals surface area contributed by atoms with Crippen molar-refractivity contribution in [1.82, 2.24) is 15.0 Å². The maximum atomic E-state index is 5.61. The lowest BCUT2D eigenvalue weighted by atomic mass is 9.78. The molecule has 0 unspecified atom stereocenters. The van der Waals surface area contributed by atoms with Gasteiger partial charge in [0, 0.05) is 26.7 Å². The van der Waals surface area contributed by atoms with Crippen LogP contribution in [0.15, 0.2) is 18.2 Å². The first kappa shape index (κ1) is 12.1. The SMILES string of the molecule is Cn1nnc2c(N3CCC4(CCOC4)CC3)cccc21. The average Bonchev–Trinajstić information content (AvgIpc) is 3.08. The molecule has 0 aliphatic carbocycles. The minimum absolute atomic E-state index is 0.451. The Morgan fingerprint density at radius 2 is 2.05 bits per heavy atom. The molecule has 0 saturated carbocycles. The van der Waals surface area contributed by atoms with Gasteiger partial charge in [-0.2, -0.15) is 0 Å². The topological polar surface area (TPSA) is 43.2 Å². The Kier molecular flexibility index (Phi) is 2.70. The summed E-state index contributed by atoms with van der Waals surface area (Å²) < 4.78 is 7.45. The summed E-state index contributed by atoms with van der Waals surface area (Å²) in [4.78, 5) is 2.46. The van der Waals surface area contributed by atoms with Crippen molar-refractivity contribution in [2.24, 2.45) is 12.5 Å². The van der Waals surface area contributed by atoms with Gasteiger partial charge >= 0.3 is 0 Å². The first-order valence-corrected chi connectivity index (χ1v) is 7.39. The van der Waals surface area contributed by atoms with Gasteiger partial charge in [-0.3, -0.25) is 0 Å². The highest BCUT2D eigenvalue weighted by Gasteiger charge is 2.38. The van der Waals surface area contributed by atoms with E-state index in [0.29, 0.717) is 5.41 Å². The molecule has 1 aromatic heterocycles. The van der Waals surface area contributed by atoms with Crippen molar-refractivity contribution < 1.29 is 4.74 Å². The zero-order valence-corrected chi connectivity index (χ0v) is 11.9. The summed E-state index contributed by atoms with van der Waals surface area (Å²) in [5, 5.41) is 8.47. The standard InChI is InChI=1S/C15H20N4O/c1-18-12-3-2-4-13(14(12)16-17-18)19-8-5-15(6-9-19)7-10-20-11-15/h2-4H,5-11H2,1H3. The van der Waals surface area contributed by atoms with Gasteiger partial charge in [0.15, 0.2) is 0 Å². The van der Waals surface area contributed by atoms with Crippen LogP contribution >= 0.6 is 0 Å². The number of benzene rings is 1. The van der Waals surface area contributed by atoms with Gasteiger partial charge in [0.2, 0.25) is 0 Å². The van der Waals surface area contributed by atoms with Crippen molar-refractivity contribution in [3.63, 3.8) is 0 Å². The molecule has 2 aromatic rings. The van der Waals surface area contributed by atoms with Crippen LogP contribution in [0.25, 0.3) is 11.0 Å². The van der Waals surface area contributed by atoms with Gasteiger partial charge in [-0.25, -0.2) is 4.68 Å². The van der Waals surface area contributed by atoms with Gasteiger partial charge < -0.3 is 9.64 Å². The lowest BCUT2D eigenvalue weighted by Gasteiger charge is -2.39. The van der Waals surface area contributed by atoms with Gasteiger partial charge in [-0.05, 0) is 36.8 Å². The fraction of sp³-hybridized carbons (Fsp3) is 0.600. The highest BCUT2D eigenvalue weighted by atomic mass is 16.5. The van der Waals surface area contributed by atoms with Gasteiger partial charge in [-0.1, -0.05) is 11.3 Å². The van der Waals surface area contributed by atoms with E-state index in [4.69, 9.17) is 4.74 Å². The molecule has 2 fully saturated rings. The number of hydrogen-bond donors (Lipinski definition) is 0. The third-order valence-corrected chi connectivity index (χ3v) is 4.97. The van der Waals surface area contributed by atoms with E-state index >= 15 is 0 Å². The molecule has 20 heavy (non-hydrogen) atoms. The molecule has 106 valence electrons. The van der Waals surface area contributed by atoms with E-state index in [1.54, 1.807) is 0 Å². The van der Waals surface area contributed by atoms with E-state index in [2.05, 4.69) is 33.4 Å². The van der Waals surface area contributed by atoms with Crippen molar-refractivity contribution in [1.29, 1.82) is 0 Å². The molecule has 0 bridgehead atoms. The number of nitrogens with zero attached hydrogens (tertiary/aromatic N) is 4. The molecule has 5 heteroatoms. The van der Waals surface area contributed by atoms with Crippen molar-refractivity contribution in [2.45, 2.75) is 19.3 Å². The Labute approximate surface area is 118 Å². The second kappa shape index (κ2) is 4.45. The summed E-state index contributed by atoms with van der Waals surface area (Å²) in [6.07, 6.45) is 3.68. The Balaban J connectivity index is 1.61. The normalized spacial score (nSPS) is 21.9. The van der Waals surface area contributed by atoms with E-state index in [1.165, 1.54) is 24.9 Å². The Morgan fingerprint density at radius 3 is 2.80 bits per heavy atom. The molecular weight excluding hydrogens is 252 g/mol. The predicted octanol–water partition coefficient (Wildman–Crippen LogP) is 1.98. The number of rotatable bonds is 1. The first-order chi connectivity index (χ1) is 9.77. The largest absolute Gasteiger partial charge is 0.381 e. The third kappa shape index (κ3) is 1.80. The van der Waals surface area contributed by atoms with Crippen molar-refractivity contribution in [2.75, 3.05) is 31.2 Å². The lowest BCUT2D eigenvalue weighted by molar-refractivity contribution is 0.134. The Bertz CT molecular complexity index is 620. The minimum atomic E-state index is 0.451. The summed E-state index contributed by atoms with van der Waals surface area (Å²) in [6.45, 7) is 4.09. The van der Waals surface area contributed by atoms with Crippen LogP contribution < -0.4 is 4.90 Å². The van der Waals surface area contributed by atoms with E-state index in [9.17, 15) is 0 Å². The smallest absolute Gasteiger partial charge is 0.136 e. The van der Waals surface area contributed by atoms with Crippen molar-refractivity contribution >= 4 is 16.7 Å². The van der Waals surface area contributed by atoms with Gasteiger partial charge in [0.1, 0.15) is 5.52 Å². The van der Waals surface area contributed by atoms with Crippen LogP contribution in [0.2, 0.25) is 0 Å². The summed E-state index contributed by atoms with van der Waals surface area (Å²) >= 11 is 0. The number of aromatic nitrogens is 3. The fourth-order valence-corrected chi connectivity index (χ4v) is 3.56. The minimum Gasteiger partial charge on any atom is -0.381 e. The van der Waals surface area contributed by atoms with E-state index < -0.39 is 0 Å². The first-order valence-electron chi connectivity index (χ1n) is 7.39. The molecule has 1 aromatic carbocycles. The van der Waals surface area contributed by atoms with E-state index in [1.807, 2.05) is 11.7 Å². The second-order valence-electron chi connectivity index (χ2n) is 6.15. The van der Waals surface area contributed by atoms with Crippen molar-refractivity contribution in [3.8, 4) is 0 Å². The van der Waals surface area contributed by atoms with Crippen LogP contribution in [-0.2, 0) is 11.8 Å². The lowest BCUT2D eigenvalue weighted by Crippen LogP contribution is -2.40. The van der Waals surface area contributed by atoms with Crippen LogP contribution in [0, 0.1) is 5.41 Å². The van der Waals surface area contributed by atoms with Gasteiger partial charge in [0.25, 0.3) is 0 Å². The number of hydrogen-bond acceptors (Lipinski definition) is 4. The number of fused-ring (bicyclic) bond motifs is 1. The molecule has 2 saturated heterocycles. The highest BCUT2D eigenvalue weighted by Crippen LogP contribution is 2.40. The van der Waals surface area contributed by atoms with Gasteiger partial charge in [-0.15, -0.1) is 5.10 Å². The fourth-order valence-electron chi connectivity index (χ4n) is 3.56. The van der Waals surface area contributed by atoms with Crippen molar-refractivity contribution in [3.05, 3.63) is 18.2 Å². The monoisotopic (exact) mass is 272 g/mol. The Hall–Kier alpha value is -1.62. The van der Waals surface area contributed by atoms with Crippen LogP contribution in [-0.4, -0.2) is 41.3 Å². The highest BCUT2D eigenvalue weighted by molar-refractivity contribution is 5.88. The molecule has 0 atom stereocenters. The van der Waals surface area contributed by atoms with E-state index in [-0.39, 0.29) is 0 Å². The van der Waals surface area contributed by atoms with Crippen LogP contribution in [0.5, 0.6) is 0 Å². The molecule has 1 spiro atoms. The quantitative estimate of drug-likeness (QED) is 0.796. The Morgan fingerprint density at radius 1 is 1.20 bits per heavy atom. The number of anilines is 1. The molecule has 5 nitrogen and oxygen atoms in total. The van der Waals surface area contributed by atoms with Crippen LogP contribution in [0.1, 0.15) is 19.3 Å². The predicted molar refractivity (Wildman–Crippen MR) is 77.8 cm³/mol. The average molecular weight is 272 g/mol. The number of aryl methyl sites for hydroxylation is 1. The molecule has 2 aliphatic heterocycles. The molecular formula is C15H20N4O. The van der Waals surface area contributed by atoms with Crippen LogP contribution in [0.3, 0.4) is 0 Å². The zero-order valence-electron chi connectivity index (χ0n) is 11.9. The summed E-state index contributed by atoms with van der Waals surface area (Å²) in [7, 11) is 1.94. The summed E-state index contributed by atoms with van der Waals surface area (Å²) in [6, 6.07) is 6.35. The molecule has 2 aliphatic rings. The molecule has 0 amide bonds. The number of piperidine rings is 1. The number of ether oxygens (including phenoxy) is 1. The second-order valence-corrected chi connectivity index (χ2v) is 6.15. The molecule has 0 N–H and O–H groups in total. The third-order valence-electron chi connectivity index (χ3n) is 4.97. The molecule has 4 rings (SSSR count). The zero-order chi connectivity index (χ0) is 13.6. The van der Waals surface area contributed by atoms with Crippen LogP contribution in [0.4, 0.5) is 5.69 Å². The molecule has 0 radical (unpaired) electrons. The molecule has 3 heterocycles. The maximum Gasteiger partial charge on any atom is 0.136 e. The van der Waals surface area contributed by atoms with E-state index in [0.717, 1.165) is 37.3 Å². The maximum absolute atomic E-state index is 5.61. The van der Waals surface area contributed by atoms with Gasteiger partial charge in [0.05, 0.1) is 17.8 Å². The summed E-state index contributed by atoms with van der Waals surface area (Å²) in [5.74, 6) is 0.